The van der Waals surface area contributed by atoms with Crippen molar-refractivity contribution in [1.29, 1.82) is 0 Å². The summed E-state index contributed by atoms with van der Waals surface area (Å²) in [6.07, 6.45) is 0. The highest BCUT2D eigenvalue weighted by Gasteiger charge is 2.22. The zero-order valence-electron chi connectivity index (χ0n) is 32.2. The molecule has 5 nitrogen and oxygen atoms in total. The van der Waals surface area contributed by atoms with Crippen LogP contribution in [-0.4, -0.2) is 4.98 Å². The first-order valence-electron chi connectivity index (χ1n) is 20.1. The fourth-order valence-corrected chi connectivity index (χ4v) is 8.65. The molecule has 0 amide bonds. The number of furan rings is 2. The van der Waals surface area contributed by atoms with E-state index in [1.165, 1.54) is 5.56 Å². The topological polar surface area (TPSA) is 55.6 Å². The Hall–Kier alpha value is -8.15. The second-order valence-corrected chi connectivity index (χ2v) is 15.1. The van der Waals surface area contributed by atoms with Crippen molar-refractivity contribution < 1.29 is 13.3 Å². The summed E-state index contributed by atoms with van der Waals surface area (Å²) in [7, 11) is 0. The normalized spacial score (nSPS) is 11.7. The molecular weight excluding hydrogens is 737 g/mol. The second kappa shape index (κ2) is 13.8. The van der Waals surface area contributed by atoms with Crippen molar-refractivity contribution in [3.63, 3.8) is 0 Å². The maximum absolute atomic E-state index is 6.62. The fourth-order valence-electron chi connectivity index (χ4n) is 8.65. The number of nitrogens with zero attached hydrogens (tertiary/aromatic N) is 2. The molecule has 3 aromatic heterocycles. The Balaban J connectivity index is 0.998. The van der Waals surface area contributed by atoms with Crippen molar-refractivity contribution in [3.8, 4) is 44.8 Å². The minimum Gasteiger partial charge on any atom is -0.455 e. The van der Waals surface area contributed by atoms with Gasteiger partial charge in [0.25, 0.3) is 0 Å². The number of benzene rings is 9. The largest absolute Gasteiger partial charge is 0.455 e. The van der Waals surface area contributed by atoms with Crippen LogP contribution in [0.15, 0.2) is 220 Å². The van der Waals surface area contributed by atoms with Gasteiger partial charge in [0, 0.05) is 49.9 Å². The minimum absolute atomic E-state index is 0.581. The summed E-state index contributed by atoms with van der Waals surface area (Å²) < 4.78 is 19.6. The van der Waals surface area contributed by atoms with Crippen LogP contribution >= 0.6 is 0 Å². The lowest BCUT2D eigenvalue weighted by Crippen LogP contribution is -2.10. The molecule has 12 rings (SSSR count). The lowest BCUT2D eigenvalue weighted by atomic mass is 9.99. The van der Waals surface area contributed by atoms with Gasteiger partial charge in [-0.15, -0.1) is 0 Å². The van der Waals surface area contributed by atoms with E-state index in [2.05, 4.69) is 144 Å². The summed E-state index contributed by atoms with van der Waals surface area (Å²) in [5.74, 6) is 0.581. The van der Waals surface area contributed by atoms with Crippen molar-refractivity contribution in [3.05, 3.63) is 206 Å². The van der Waals surface area contributed by atoms with Crippen LogP contribution in [0.25, 0.3) is 99.8 Å². The summed E-state index contributed by atoms with van der Waals surface area (Å²) in [6.45, 7) is 0. The Morgan fingerprint density at radius 2 is 0.900 bits per heavy atom. The van der Waals surface area contributed by atoms with E-state index in [0.29, 0.717) is 5.89 Å². The highest BCUT2D eigenvalue weighted by atomic mass is 16.4. The van der Waals surface area contributed by atoms with E-state index in [-0.39, 0.29) is 0 Å². The molecule has 5 heteroatoms. The van der Waals surface area contributed by atoms with Crippen LogP contribution in [0, 0.1) is 0 Å². The van der Waals surface area contributed by atoms with Gasteiger partial charge in [0.15, 0.2) is 5.58 Å². The standard InChI is InChI=1S/C55H34N2O3/c1-3-13-35(14-4-1)36-25-29-40(30-26-36)57(42-18-11-17-39(33-42)43-21-12-22-45-44-19-7-9-23-49(44)58-52(43)45)41-31-27-37(28-32-41)47-34-48-54(60-55(56-48)38-15-5-2-6-16-38)51-46-20-8-10-24-50(46)59-53(47)51/h1-34H. The average Bonchev–Trinajstić information content (AvgIpc) is 4.04. The molecule has 0 atom stereocenters. The molecule has 3 heterocycles. The van der Waals surface area contributed by atoms with E-state index >= 15 is 0 Å². The lowest BCUT2D eigenvalue weighted by molar-refractivity contribution is 0.622. The Labute approximate surface area is 345 Å². The van der Waals surface area contributed by atoms with E-state index in [1.807, 2.05) is 66.7 Å². The van der Waals surface area contributed by atoms with E-state index in [4.69, 9.17) is 18.2 Å². The molecular formula is C55H34N2O3. The molecule has 0 saturated carbocycles. The van der Waals surface area contributed by atoms with Crippen LogP contribution in [0.1, 0.15) is 0 Å². The third-order valence-corrected chi connectivity index (χ3v) is 11.5. The highest BCUT2D eigenvalue weighted by Crippen LogP contribution is 2.44. The van der Waals surface area contributed by atoms with Gasteiger partial charge in [0.1, 0.15) is 27.8 Å². The first-order valence-corrected chi connectivity index (χ1v) is 20.1. The molecule has 0 aliphatic carbocycles. The SMILES string of the molecule is c1ccc(-c2ccc(N(c3ccc(-c4cc5nc(-c6ccccc6)oc5c5c4oc4ccccc45)cc3)c3cccc(-c4cccc5c4oc4ccccc45)c3)cc2)cc1. The van der Waals surface area contributed by atoms with Gasteiger partial charge in [-0.2, -0.15) is 0 Å². The molecule has 0 bridgehead atoms. The number of oxazole rings is 1. The molecule has 0 radical (unpaired) electrons. The van der Waals surface area contributed by atoms with Crippen molar-refractivity contribution >= 4 is 72.0 Å². The molecule has 60 heavy (non-hydrogen) atoms. The van der Waals surface area contributed by atoms with Crippen LogP contribution < -0.4 is 4.90 Å². The molecule has 282 valence electrons. The number of hydrogen-bond donors (Lipinski definition) is 0. The maximum atomic E-state index is 6.62. The smallest absolute Gasteiger partial charge is 0.227 e. The number of aromatic nitrogens is 1. The number of hydrogen-bond acceptors (Lipinski definition) is 5. The van der Waals surface area contributed by atoms with Crippen molar-refractivity contribution in [2.75, 3.05) is 4.90 Å². The fraction of sp³-hybridized carbons (Fsp3) is 0. The lowest BCUT2D eigenvalue weighted by Gasteiger charge is -2.26. The van der Waals surface area contributed by atoms with Gasteiger partial charge in [-0.05, 0) is 89.0 Å². The van der Waals surface area contributed by atoms with Crippen LogP contribution in [-0.2, 0) is 0 Å². The Morgan fingerprint density at radius 1 is 0.333 bits per heavy atom. The number of rotatable bonds is 7. The predicted octanol–water partition coefficient (Wildman–Crippen LogP) is 15.8. The zero-order valence-corrected chi connectivity index (χ0v) is 32.2. The van der Waals surface area contributed by atoms with E-state index in [9.17, 15) is 0 Å². The summed E-state index contributed by atoms with van der Waals surface area (Å²) >= 11 is 0. The molecule has 0 fully saturated rings. The average molecular weight is 771 g/mol. The van der Waals surface area contributed by atoms with E-state index in [1.54, 1.807) is 0 Å². The molecule has 12 aromatic rings. The third-order valence-electron chi connectivity index (χ3n) is 11.5. The third kappa shape index (κ3) is 5.59. The number of para-hydroxylation sites is 3. The van der Waals surface area contributed by atoms with E-state index in [0.717, 1.165) is 105 Å². The minimum atomic E-state index is 0.581. The quantitative estimate of drug-likeness (QED) is 0.162. The Bertz CT molecular complexity index is 3530. The van der Waals surface area contributed by atoms with Gasteiger partial charge in [0.05, 0.1) is 5.39 Å². The van der Waals surface area contributed by atoms with Gasteiger partial charge in [-0.3, -0.25) is 0 Å². The van der Waals surface area contributed by atoms with Gasteiger partial charge < -0.3 is 18.2 Å². The highest BCUT2D eigenvalue weighted by molar-refractivity contribution is 6.20. The molecule has 0 saturated heterocycles. The maximum Gasteiger partial charge on any atom is 0.227 e. The molecule has 0 unspecified atom stereocenters. The first-order chi connectivity index (χ1) is 29.7. The summed E-state index contributed by atoms with van der Waals surface area (Å²) in [4.78, 5) is 7.31. The van der Waals surface area contributed by atoms with Crippen molar-refractivity contribution in [2.24, 2.45) is 0 Å². The van der Waals surface area contributed by atoms with Gasteiger partial charge >= 0.3 is 0 Å². The van der Waals surface area contributed by atoms with Gasteiger partial charge in [-0.1, -0.05) is 140 Å². The van der Waals surface area contributed by atoms with E-state index < -0.39 is 0 Å². The van der Waals surface area contributed by atoms with Crippen molar-refractivity contribution in [1.82, 2.24) is 4.98 Å². The number of anilines is 3. The Morgan fingerprint density at radius 3 is 1.65 bits per heavy atom. The van der Waals surface area contributed by atoms with Gasteiger partial charge in [0.2, 0.25) is 5.89 Å². The molecule has 0 spiro atoms. The second-order valence-electron chi connectivity index (χ2n) is 15.1. The first kappa shape index (κ1) is 33.9. The van der Waals surface area contributed by atoms with Crippen LogP contribution in [0.5, 0.6) is 0 Å². The monoisotopic (exact) mass is 770 g/mol. The van der Waals surface area contributed by atoms with Crippen LogP contribution in [0.4, 0.5) is 17.1 Å². The molecule has 0 N–H and O–H groups in total. The summed E-state index contributed by atoms with van der Waals surface area (Å²) in [5.41, 5.74) is 15.3. The zero-order chi connectivity index (χ0) is 39.6. The molecule has 9 aromatic carbocycles. The Kier molecular flexibility index (Phi) is 7.78. The van der Waals surface area contributed by atoms with Gasteiger partial charge in [-0.25, -0.2) is 4.98 Å². The van der Waals surface area contributed by atoms with Crippen LogP contribution in [0.2, 0.25) is 0 Å². The molecule has 0 aliphatic heterocycles. The van der Waals surface area contributed by atoms with Crippen molar-refractivity contribution in [2.45, 2.75) is 0 Å². The number of fused-ring (bicyclic) bond motifs is 8. The summed E-state index contributed by atoms with van der Waals surface area (Å²) in [5, 5.41) is 4.14. The predicted molar refractivity (Wildman–Crippen MR) is 245 cm³/mol. The molecule has 0 aliphatic rings. The van der Waals surface area contributed by atoms with Crippen LogP contribution in [0.3, 0.4) is 0 Å². The summed E-state index contributed by atoms with van der Waals surface area (Å²) in [6, 6.07) is 71.6.